The van der Waals surface area contributed by atoms with Gasteiger partial charge in [-0.2, -0.15) is 0 Å². The van der Waals surface area contributed by atoms with Gasteiger partial charge in [0.15, 0.2) is 0 Å². The Morgan fingerprint density at radius 1 is 1.00 bits per heavy atom. The summed E-state index contributed by atoms with van der Waals surface area (Å²) in [5.74, 6) is 1.37. The van der Waals surface area contributed by atoms with E-state index in [0.717, 1.165) is 5.92 Å². The van der Waals surface area contributed by atoms with Gasteiger partial charge in [-0.1, -0.05) is 60.6 Å². The van der Waals surface area contributed by atoms with E-state index in [0.29, 0.717) is 16.7 Å². The number of hydrogen-bond acceptors (Lipinski definition) is 0. The zero-order chi connectivity index (χ0) is 12.4. The second kappa shape index (κ2) is 4.72. The Labute approximate surface area is 97.2 Å². The summed E-state index contributed by atoms with van der Waals surface area (Å²) in [5, 5.41) is 0. The predicted octanol–water partition coefficient (Wildman–Crippen LogP) is 5.30. The Morgan fingerprint density at radius 3 is 1.60 bits per heavy atom. The minimum Gasteiger partial charge on any atom is -0.0998 e. The van der Waals surface area contributed by atoms with Crippen molar-refractivity contribution < 1.29 is 0 Å². The highest BCUT2D eigenvalue weighted by Crippen LogP contribution is 2.40. The molecule has 0 bridgehead atoms. The fourth-order valence-electron chi connectivity index (χ4n) is 2.00. The van der Waals surface area contributed by atoms with Crippen LogP contribution < -0.4 is 0 Å². The third-order valence-corrected chi connectivity index (χ3v) is 3.71. The van der Waals surface area contributed by atoms with Gasteiger partial charge in [-0.3, -0.25) is 0 Å². The van der Waals surface area contributed by atoms with Gasteiger partial charge in [-0.05, 0) is 36.0 Å². The summed E-state index contributed by atoms with van der Waals surface area (Å²) in [7, 11) is 0. The zero-order valence-corrected chi connectivity index (χ0v) is 12.1. The van der Waals surface area contributed by atoms with Gasteiger partial charge in [-0.15, -0.1) is 0 Å². The lowest BCUT2D eigenvalue weighted by Crippen LogP contribution is -2.28. The smallest absolute Gasteiger partial charge is 0.0157 e. The fraction of sp³-hybridized carbons (Fsp3) is 0.867. The zero-order valence-electron chi connectivity index (χ0n) is 12.1. The van der Waals surface area contributed by atoms with Gasteiger partial charge in [0.05, 0.1) is 0 Å². The molecule has 0 amide bonds. The third-order valence-electron chi connectivity index (χ3n) is 3.71. The molecule has 0 saturated carbocycles. The van der Waals surface area contributed by atoms with E-state index < -0.39 is 0 Å². The van der Waals surface area contributed by atoms with Crippen LogP contribution in [-0.4, -0.2) is 0 Å². The minimum absolute atomic E-state index is 0.339. The molecule has 0 heteroatoms. The van der Waals surface area contributed by atoms with E-state index >= 15 is 0 Å². The maximum atomic E-state index is 4.16. The summed E-state index contributed by atoms with van der Waals surface area (Å²) in [6.07, 6.45) is 1.25. The molecule has 0 radical (unpaired) electrons. The van der Waals surface area contributed by atoms with Crippen molar-refractivity contribution in [3.63, 3.8) is 0 Å². The lowest BCUT2D eigenvalue weighted by atomic mass is 9.68. The average Bonchev–Trinajstić information content (AvgIpc) is 1.94. The lowest BCUT2D eigenvalue weighted by molar-refractivity contribution is 0.167. The summed E-state index contributed by atoms with van der Waals surface area (Å²) in [5.41, 5.74) is 2.07. The van der Waals surface area contributed by atoms with Crippen molar-refractivity contribution in [2.75, 3.05) is 0 Å². The van der Waals surface area contributed by atoms with Crippen molar-refractivity contribution in [1.29, 1.82) is 0 Å². The van der Waals surface area contributed by atoms with Crippen molar-refractivity contribution in [2.45, 2.75) is 61.8 Å². The maximum absolute atomic E-state index is 4.16. The molecule has 0 spiro atoms. The normalized spacial score (nSPS) is 17.3. The van der Waals surface area contributed by atoms with Crippen LogP contribution in [0.25, 0.3) is 0 Å². The van der Waals surface area contributed by atoms with Crippen molar-refractivity contribution in [3.05, 3.63) is 12.2 Å². The SMILES string of the molecule is C=C(C)C(CC(C)C(C)(C)C)C(C)(C)C. The van der Waals surface area contributed by atoms with Crippen LogP contribution >= 0.6 is 0 Å². The molecular weight excluding hydrogens is 180 g/mol. The van der Waals surface area contributed by atoms with Gasteiger partial charge in [0.2, 0.25) is 0 Å². The molecule has 0 heterocycles. The van der Waals surface area contributed by atoms with Gasteiger partial charge in [0, 0.05) is 0 Å². The predicted molar refractivity (Wildman–Crippen MR) is 71.0 cm³/mol. The maximum Gasteiger partial charge on any atom is -0.0157 e. The lowest BCUT2D eigenvalue weighted by Gasteiger charge is -2.37. The van der Waals surface area contributed by atoms with Crippen LogP contribution in [0.3, 0.4) is 0 Å². The number of allylic oxidation sites excluding steroid dienone is 1. The highest BCUT2D eigenvalue weighted by Gasteiger charge is 2.30. The molecule has 0 fully saturated rings. The van der Waals surface area contributed by atoms with E-state index in [2.05, 4.69) is 62.0 Å². The molecule has 2 atom stereocenters. The Morgan fingerprint density at radius 2 is 1.40 bits per heavy atom. The van der Waals surface area contributed by atoms with Gasteiger partial charge >= 0.3 is 0 Å². The third kappa shape index (κ3) is 4.86. The van der Waals surface area contributed by atoms with Crippen molar-refractivity contribution in [1.82, 2.24) is 0 Å². The summed E-state index contributed by atoms with van der Waals surface area (Å²) in [4.78, 5) is 0. The largest absolute Gasteiger partial charge is 0.0998 e. The number of rotatable bonds is 3. The summed E-state index contributed by atoms with van der Waals surface area (Å²) < 4.78 is 0. The quantitative estimate of drug-likeness (QED) is 0.555. The van der Waals surface area contributed by atoms with Crippen LogP contribution in [0.1, 0.15) is 61.8 Å². The van der Waals surface area contributed by atoms with Crippen LogP contribution in [0.2, 0.25) is 0 Å². The van der Waals surface area contributed by atoms with Crippen LogP contribution in [0.5, 0.6) is 0 Å². The van der Waals surface area contributed by atoms with E-state index in [4.69, 9.17) is 0 Å². The summed E-state index contributed by atoms with van der Waals surface area (Å²) >= 11 is 0. The minimum atomic E-state index is 0.339. The summed E-state index contributed by atoms with van der Waals surface area (Å²) in [6, 6.07) is 0. The van der Waals surface area contributed by atoms with E-state index in [1.165, 1.54) is 12.0 Å². The molecule has 0 aliphatic heterocycles. The first-order valence-corrected chi connectivity index (χ1v) is 6.11. The highest BCUT2D eigenvalue weighted by molar-refractivity contribution is 5.02. The van der Waals surface area contributed by atoms with Gasteiger partial charge < -0.3 is 0 Å². The van der Waals surface area contributed by atoms with Crippen molar-refractivity contribution in [2.24, 2.45) is 22.7 Å². The molecule has 0 N–H and O–H groups in total. The van der Waals surface area contributed by atoms with E-state index in [9.17, 15) is 0 Å². The Balaban J connectivity index is 4.65. The molecule has 0 saturated heterocycles. The summed E-state index contributed by atoms with van der Waals surface area (Å²) in [6.45, 7) is 22.6. The van der Waals surface area contributed by atoms with Gasteiger partial charge in [0.25, 0.3) is 0 Å². The Bertz CT molecular complexity index is 209. The van der Waals surface area contributed by atoms with Crippen LogP contribution in [0.15, 0.2) is 12.2 Å². The van der Waals surface area contributed by atoms with Gasteiger partial charge in [-0.25, -0.2) is 0 Å². The molecule has 15 heavy (non-hydrogen) atoms. The second-order valence-electron chi connectivity index (χ2n) is 7.27. The molecule has 0 aliphatic rings. The molecule has 0 aromatic carbocycles. The molecule has 0 nitrogen and oxygen atoms in total. The number of hydrogen-bond donors (Lipinski definition) is 0. The second-order valence-corrected chi connectivity index (χ2v) is 7.27. The molecule has 0 aromatic heterocycles. The average molecular weight is 210 g/mol. The van der Waals surface area contributed by atoms with Crippen LogP contribution in [0, 0.1) is 22.7 Å². The van der Waals surface area contributed by atoms with Crippen molar-refractivity contribution >= 4 is 0 Å². The topological polar surface area (TPSA) is 0 Å². The molecular formula is C15H30. The highest BCUT2D eigenvalue weighted by atomic mass is 14.4. The van der Waals surface area contributed by atoms with E-state index in [-0.39, 0.29) is 0 Å². The monoisotopic (exact) mass is 210 g/mol. The first kappa shape index (κ1) is 14.7. The van der Waals surface area contributed by atoms with Crippen molar-refractivity contribution in [3.8, 4) is 0 Å². The van der Waals surface area contributed by atoms with E-state index in [1.54, 1.807) is 0 Å². The molecule has 0 aromatic rings. The Hall–Kier alpha value is -0.260. The first-order chi connectivity index (χ1) is 6.46. The van der Waals surface area contributed by atoms with Crippen LogP contribution in [-0.2, 0) is 0 Å². The molecule has 0 rings (SSSR count). The van der Waals surface area contributed by atoms with Crippen LogP contribution in [0.4, 0.5) is 0 Å². The molecule has 2 unspecified atom stereocenters. The molecule has 90 valence electrons. The van der Waals surface area contributed by atoms with Gasteiger partial charge in [0.1, 0.15) is 0 Å². The fourth-order valence-corrected chi connectivity index (χ4v) is 2.00. The first-order valence-electron chi connectivity index (χ1n) is 6.11. The van der Waals surface area contributed by atoms with E-state index in [1.807, 2.05) is 0 Å². The molecule has 0 aliphatic carbocycles. The standard InChI is InChI=1S/C15H30/c1-11(2)13(15(7,8)9)10-12(3)14(4,5)6/h12-13H,1,10H2,2-9H3. The Kier molecular flexibility index (Phi) is 4.64.